The number of nitrogens with zero attached hydrogens (tertiary/aromatic N) is 1. The molecule has 76 valence electrons. The van der Waals surface area contributed by atoms with Gasteiger partial charge in [-0.1, -0.05) is 29.4 Å². The molecule has 1 aromatic carbocycles. The fourth-order valence-electron chi connectivity index (χ4n) is 1.13. The molecule has 0 fully saturated rings. The summed E-state index contributed by atoms with van der Waals surface area (Å²) in [6, 6.07) is 11.3. The van der Waals surface area contributed by atoms with Crippen molar-refractivity contribution < 1.29 is 0 Å². The van der Waals surface area contributed by atoms with Crippen LogP contribution in [0.3, 0.4) is 0 Å². The van der Waals surface area contributed by atoms with Gasteiger partial charge in [0.2, 0.25) is 0 Å². The van der Waals surface area contributed by atoms with Crippen molar-refractivity contribution in [1.29, 1.82) is 0 Å². The van der Waals surface area contributed by atoms with Crippen LogP contribution < -0.4 is 5.73 Å². The number of rotatable bonds is 2. The van der Waals surface area contributed by atoms with Crippen LogP contribution in [0, 0.1) is 0 Å². The third-order valence-corrected chi connectivity index (χ3v) is 2.93. The van der Waals surface area contributed by atoms with Gasteiger partial charge < -0.3 is 5.73 Å². The zero-order valence-electron chi connectivity index (χ0n) is 7.85. The topological polar surface area (TPSA) is 38.9 Å². The maximum absolute atomic E-state index is 5.88. The average Bonchev–Trinajstić information content (AvgIpc) is 2.17. The van der Waals surface area contributed by atoms with Gasteiger partial charge in [0.05, 0.1) is 0 Å². The van der Waals surface area contributed by atoms with Crippen molar-refractivity contribution in [3.05, 3.63) is 47.6 Å². The molecular formula is C11H9ClN2S. The lowest BCUT2D eigenvalue weighted by molar-refractivity contribution is 1.14. The molecule has 1 heterocycles. The molecule has 2 rings (SSSR count). The molecule has 0 aliphatic heterocycles. The van der Waals surface area contributed by atoms with E-state index in [1.54, 1.807) is 24.0 Å². The predicted octanol–water partition coefficient (Wildman–Crippen LogP) is 3.47. The van der Waals surface area contributed by atoms with Gasteiger partial charge in [-0.3, -0.25) is 0 Å². The summed E-state index contributed by atoms with van der Waals surface area (Å²) in [4.78, 5) is 5.26. The van der Waals surface area contributed by atoms with Crippen molar-refractivity contribution in [1.82, 2.24) is 4.98 Å². The highest BCUT2D eigenvalue weighted by Gasteiger charge is 1.99. The van der Waals surface area contributed by atoms with Crippen molar-refractivity contribution in [2.24, 2.45) is 0 Å². The minimum Gasteiger partial charge on any atom is -0.399 e. The Balaban J connectivity index is 2.22. The molecule has 2 N–H and O–H groups in total. The Bertz CT molecular complexity index is 430. The quantitative estimate of drug-likeness (QED) is 0.868. The van der Waals surface area contributed by atoms with E-state index in [0.717, 1.165) is 20.6 Å². The average molecular weight is 237 g/mol. The first-order chi connectivity index (χ1) is 7.24. The van der Waals surface area contributed by atoms with Crippen LogP contribution in [0.5, 0.6) is 0 Å². The molecule has 0 unspecified atom stereocenters. The van der Waals surface area contributed by atoms with Crippen LogP contribution in [0.25, 0.3) is 0 Å². The fourth-order valence-corrected chi connectivity index (χ4v) is 2.27. The number of anilines is 1. The Morgan fingerprint density at radius 2 is 2.07 bits per heavy atom. The lowest BCUT2D eigenvalue weighted by Crippen LogP contribution is -1.86. The normalized spacial score (nSPS) is 10.2. The minimum atomic E-state index is 0.717. The van der Waals surface area contributed by atoms with E-state index in [1.807, 2.05) is 30.3 Å². The van der Waals surface area contributed by atoms with Crippen LogP contribution in [0.2, 0.25) is 5.02 Å². The molecular weight excluding hydrogens is 228 g/mol. The molecule has 1 aromatic heterocycles. The fraction of sp³-hybridized carbons (Fsp3) is 0. The highest BCUT2D eigenvalue weighted by atomic mass is 35.5. The van der Waals surface area contributed by atoms with Crippen LogP contribution in [-0.2, 0) is 0 Å². The van der Waals surface area contributed by atoms with Gasteiger partial charge in [-0.05, 0) is 30.3 Å². The van der Waals surface area contributed by atoms with E-state index in [1.165, 1.54) is 0 Å². The molecule has 0 radical (unpaired) electrons. The second kappa shape index (κ2) is 4.55. The van der Waals surface area contributed by atoms with E-state index in [0.29, 0.717) is 0 Å². The maximum atomic E-state index is 5.88. The molecule has 2 nitrogen and oxygen atoms in total. The van der Waals surface area contributed by atoms with Crippen LogP contribution in [-0.4, -0.2) is 4.98 Å². The Hall–Kier alpha value is -1.19. The highest BCUT2D eigenvalue weighted by Crippen LogP contribution is 2.28. The van der Waals surface area contributed by atoms with Gasteiger partial charge in [-0.25, -0.2) is 4.98 Å². The van der Waals surface area contributed by atoms with Gasteiger partial charge in [-0.2, -0.15) is 0 Å². The van der Waals surface area contributed by atoms with Crippen LogP contribution in [0.1, 0.15) is 0 Å². The number of hydrogen-bond donors (Lipinski definition) is 1. The van der Waals surface area contributed by atoms with Crippen molar-refractivity contribution in [2.45, 2.75) is 9.92 Å². The first kappa shape index (κ1) is 10.3. The van der Waals surface area contributed by atoms with Gasteiger partial charge in [0.25, 0.3) is 0 Å². The molecule has 0 saturated heterocycles. The molecule has 15 heavy (non-hydrogen) atoms. The number of pyridine rings is 1. The summed E-state index contributed by atoms with van der Waals surface area (Å²) in [5, 5.41) is 1.60. The van der Waals surface area contributed by atoms with Crippen molar-refractivity contribution in [3.8, 4) is 0 Å². The molecule has 0 atom stereocenters. The zero-order valence-corrected chi connectivity index (χ0v) is 9.42. The molecule has 4 heteroatoms. The molecule has 0 spiro atoms. The van der Waals surface area contributed by atoms with Crippen molar-refractivity contribution in [3.63, 3.8) is 0 Å². The van der Waals surface area contributed by atoms with E-state index in [-0.39, 0.29) is 0 Å². The van der Waals surface area contributed by atoms with Crippen LogP contribution in [0.15, 0.2) is 52.5 Å². The van der Waals surface area contributed by atoms with E-state index in [9.17, 15) is 0 Å². The molecule has 0 saturated carbocycles. The monoisotopic (exact) mass is 236 g/mol. The van der Waals surface area contributed by atoms with E-state index < -0.39 is 0 Å². The van der Waals surface area contributed by atoms with E-state index in [4.69, 9.17) is 17.3 Å². The summed E-state index contributed by atoms with van der Waals surface area (Å²) in [7, 11) is 0. The highest BCUT2D eigenvalue weighted by molar-refractivity contribution is 7.99. The second-order valence-corrected chi connectivity index (χ2v) is 4.52. The summed E-state index contributed by atoms with van der Waals surface area (Å²) in [6.45, 7) is 0. The number of hydrogen-bond acceptors (Lipinski definition) is 3. The van der Waals surface area contributed by atoms with E-state index >= 15 is 0 Å². The van der Waals surface area contributed by atoms with Gasteiger partial charge in [0, 0.05) is 21.8 Å². The molecule has 0 bridgehead atoms. The van der Waals surface area contributed by atoms with Gasteiger partial charge in [0.15, 0.2) is 0 Å². The summed E-state index contributed by atoms with van der Waals surface area (Å²) in [5.41, 5.74) is 6.38. The van der Waals surface area contributed by atoms with E-state index in [2.05, 4.69) is 4.98 Å². The second-order valence-electron chi connectivity index (χ2n) is 2.99. The third-order valence-electron chi connectivity index (χ3n) is 1.78. The predicted molar refractivity (Wildman–Crippen MR) is 64.2 cm³/mol. The summed E-state index contributed by atoms with van der Waals surface area (Å²) in [5.74, 6) is 0. The molecule has 0 aliphatic rings. The largest absolute Gasteiger partial charge is 0.399 e. The van der Waals surface area contributed by atoms with Gasteiger partial charge in [0.1, 0.15) is 5.03 Å². The Kier molecular flexibility index (Phi) is 3.14. The smallest absolute Gasteiger partial charge is 0.103 e. The van der Waals surface area contributed by atoms with Gasteiger partial charge in [-0.15, -0.1) is 0 Å². The molecule has 2 aromatic rings. The standard InChI is InChI=1S/C11H9ClN2S/c12-8-2-1-3-10(6-8)15-11-7-9(13)4-5-14-11/h1-7H,(H2,13,14). The SMILES string of the molecule is Nc1ccnc(Sc2cccc(Cl)c2)c1. The number of nitrogens with two attached hydrogens (primary N) is 1. The Morgan fingerprint density at radius 1 is 1.20 bits per heavy atom. The third kappa shape index (κ3) is 2.88. The molecule has 0 aliphatic carbocycles. The van der Waals surface area contributed by atoms with Crippen LogP contribution >= 0.6 is 23.4 Å². The summed E-state index contributed by atoms with van der Waals surface area (Å²) in [6.07, 6.45) is 1.70. The zero-order chi connectivity index (χ0) is 10.7. The Morgan fingerprint density at radius 3 is 2.80 bits per heavy atom. The number of halogens is 1. The minimum absolute atomic E-state index is 0.717. The first-order valence-electron chi connectivity index (χ1n) is 4.39. The lowest BCUT2D eigenvalue weighted by Gasteiger charge is -2.01. The first-order valence-corrected chi connectivity index (χ1v) is 5.58. The molecule has 0 amide bonds. The lowest BCUT2D eigenvalue weighted by atomic mass is 10.4. The van der Waals surface area contributed by atoms with Crippen molar-refractivity contribution >= 4 is 29.1 Å². The Labute approximate surface area is 97.5 Å². The maximum Gasteiger partial charge on any atom is 0.103 e. The summed E-state index contributed by atoms with van der Waals surface area (Å²) < 4.78 is 0. The van der Waals surface area contributed by atoms with Gasteiger partial charge >= 0.3 is 0 Å². The number of benzene rings is 1. The van der Waals surface area contributed by atoms with Crippen molar-refractivity contribution in [2.75, 3.05) is 5.73 Å². The number of aromatic nitrogens is 1. The number of nitrogen functional groups attached to an aromatic ring is 1. The summed E-state index contributed by atoms with van der Waals surface area (Å²) >= 11 is 7.42. The van der Waals surface area contributed by atoms with Crippen LogP contribution in [0.4, 0.5) is 5.69 Å².